The molecule has 0 aliphatic carbocycles. The largest absolute Gasteiger partial charge is 0.478 e. The maximum Gasteiger partial charge on any atom is 0.328 e. The standard InChI is InChI=1S/C18H24N4O2/c1-5-15(11-14(2)7-8-18(23)24)16-12-20-13-17(21-16)22(4)10-6-9-19-3/h5,7-8,11-13,19H,1-2,6,9-10H2,3-4H3,(H,23,24)/b8-7+,15-11+. The van der Waals surface area contributed by atoms with Gasteiger partial charge in [0, 0.05) is 25.2 Å². The summed E-state index contributed by atoms with van der Waals surface area (Å²) in [6.07, 6.45) is 10.2. The highest BCUT2D eigenvalue weighted by Crippen LogP contribution is 2.18. The van der Waals surface area contributed by atoms with Crippen LogP contribution in [0.5, 0.6) is 0 Å². The van der Waals surface area contributed by atoms with E-state index in [4.69, 9.17) is 5.11 Å². The van der Waals surface area contributed by atoms with E-state index in [1.54, 1.807) is 24.5 Å². The highest BCUT2D eigenvalue weighted by atomic mass is 16.4. The fraction of sp³-hybridized carbons (Fsp3) is 0.278. The molecule has 1 aromatic heterocycles. The number of aliphatic carboxylic acids is 1. The highest BCUT2D eigenvalue weighted by molar-refractivity contribution is 5.81. The predicted molar refractivity (Wildman–Crippen MR) is 97.9 cm³/mol. The molecule has 0 atom stereocenters. The third-order valence-corrected chi connectivity index (χ3v) is 3.23. The van der Waals surface area contributed by atoms with Gasteiger partial charge >= 0.3 is 5.97 Å². The minimum atomic E-state index is -1.02. The van der Waals surface area contributed by atoms with Crippen LogP contribution >= 0.6 is 0 Å². The Labute approximate surface area is 142 Å². The monoisotopic (exact) mass is 328 g/mol. The maximum atomic E-state index is 10.6. The molecule has 0 aromatic carbocycles. The molecule has 0 amide bonds. The fourth-order valence-electron chi connectivity index (χ4n) is 1.95. The average molecular weight is 328 g/mol. The summed E-state index contributed by atoms with van der Waals surface area (Å²) in [5, 5.41) is 11.8. The van der Waals surface area contributed by atoms with Gasteiger partial charge in [-0.1, -0.05) is 19.2 Å². The Balaban J connectivity index is 2.94. The van der Waals surface area contributed by atoms with Crippen LogP contribution in [-0.4, -0.2) is 48.2 Å². The molecule has 6 nitrogen and oxygen atoms in total. The summed E-state index contributed by atoms with van der Waals surface area (Å²) in [6.45, 7) is 9.39. The molecule has 2 N–H and O–H groups in total. The van der Waals surface area contributed by atoms with Crippen molar-refractivity contribution in [1.82, 2.24) is 15.3 Å². The van der Waals surface area contributed by atoms with Crippen LogP contribution in [0.4, 0.5) is 5.82 Å². The molecule has 0 aliphatic heterocycles. The van der Waals surface area contributed by atoms with Crippen molar-refractivity contribution in [3.05, 3.63) is 61.1 Å². The van der Waals surface area contributed by atoms with E-state index in [9.17, 15) is 4.79 Å². The first kappa shape index (κ1) is 19.3. The number of anilines is 1. The molecule has 0 radical (unpaired) electrons. The molecule has 24 heavy (non-hydrogen) atoms. The average Bonchev–Trinajstić information content (AvgIpc) is 2.58. The third-order valence-electron chi connectivity index (χ3n) is 3.23. The van der Waals surface area contributed by atoms with Gasteiger partial charge in [-0.15, -0.1) is 0 Å². The summed E-state index contributed by atoms with van der Waals surface area (Å²) in [5.41, 5.74) is 1.93. The lowest BCUT2D eigenvalue weighted by atomic mass is 10.1. The molecule has 1 rings (SSSR count). The summed E-state index contributed by atoms with van der Waals surface area (Å²) in [7, 11) is 3.89. The van der Waals surface area contributed by atoms with Gasteiger partial charge in [-0.2, -0.15) is 0 Å². The number of carboxylic acids is 1. The first-order chi connectivity index (χ1) is 11.5. The summed E-state index contributed by atoms with van der Waals surface area (Å²) >= 11 is 0. The maximum absolute atomic E-state index is 10.6. The molecule has 0 spiro atoms. The minimum absolute atomic E-state index is 0.543. The Bertz CT molecular complexity index is 650. The number of nitrogens with zero attached hydrogens (tertiary/aromatic N) is 3. The lowest BCUT2D eigenvalue weighted by Crippen LogP contribution is -2.23. The van der Waals surface area contributed by atoms with Gasteiger partial charge in [0.15, 0.2) is 0 Å². The smallest absolute Gasteiger partial charge is 0.328 e. The van der Waals surface area contributed by atoms with E-state index in [1.807, 2.05) is 19.0 Å². The van der Waals surface area contributed by atoms with Gasteiger partial charge in [0.1, 0.15) is 5.82 Å². The summed E-state index contributed by atoms with van der Waals surface area (Å²) in [5.74, 6) is -0.252. The normalized spacial score (nSPS) is 11.5. The van der Waals surface area contributed by atoms with Gasteiger partial charge in [0.25, 0.3) is 0 Å². The minimum Gasteiger partial charge on any atom is -0.478 e. The molecule has 0 aliphatic rings. The van der Waals surface area contributed by atoms with Crippen LogP contribution in [0.15, 0.2) is 55.4 Å². The van der Waals surface area contributed by atoms with Crippen molar-refractivity contribution in [1.29, 1.82) is 0 Å². The molecule has 0 unspecified atom stereocenters. The number of hydrogen-bond donors (Lipinski definition) is 2. The van der Waals surface area contributed by atoms with Gasteiger partial charge in [-0.05, 0) is 37.7 Å². The first-order valence-electron chi connectivity index (χ1n) is 7.60. The van der Waals surface area contributed by atoms with Gasteiger partial charge in [0.2, 0.25) is 0 Å². The summed E-state index contributed by atoms with van der Waals surface area (Å²) in [4.78, 5) is 21.4. The molecule has 128 valence electrons. The predicted octanol–water partition coefficient (Wildman–Crippen LogP) is 2.29. The number of rotatable bonds is 10. The van der Waals surface area contributed by atoms with Crippen LogP contribution in [0.2, 0.25) is 0 Å². The van der Waals surface area contributed by atoms with Crippen molar-refractivity contribution in [2.24, 2.45) is 0 Å². The Morgan fingerprint density at radius 1 is 1.42 bits per heavy atom. The van der Waals surface area contributed by atoms with Crippen molar-refractivity contribution < 1.29 is 9.90 Å². The molecule has 6 heteroatoms. The number of hydrogen-bond acceptors (Lipinski definition) is 5. The zero-order valence-electron chi connectivity index (χ0n) is 14.2. The van der Waals surface area contributed by atoms with Crippen LogP contribution in [-0.2, 0) is 4.79 Å². The lowest BCUT2D eigenvalue weighted by molar-refractivity contribution is -0.131. The quantitative estimate of drug-likeness (QED) is 0.390. The summed E-state index contributed by atoms with van der Waals surface area (Å²) < 4.78 is 0. The van der Waals surface area contributed by atoms with Gasteiger partial charge in [0.05, 0.1) is 18.1 Å². The Morgan fingerprint density at radius 3 is 2.79 bits per heavy atom. The second-order valence-electron chi connectivity index (χ2n) is 5.19. The lowest BCUT2D eigenvalue weighted by Gasteiger charge is -2.18. The van der Waals surface area contributed by atoms with Gasteiger partial charge < -0.3 is 15.3 Å². The van der Waals surface area contributed by atoms with Gasteiger partial charge in [-0.25, -0.2) is 9.78 Å². The Hall–Kier alpha value is -2.73. The number of allylic oxidation sites excluding steroid dienone is 5. The SMILES string of the molecule is C=C/C(=C\C(=C)/C=C/C(=O)O)c1cncc(N(C)CCCNC)n1. The third kappa shape index (κ3) is 6.58. The Morgan fingerprint density at radius 2 is 2.17 bits per heavy atom. The number of carboxylic acid groups (broad SMARTS) is 1. The van der Waals surface area contributed by atoms with Crippen LogP contribution in [0.25, 0.3) is 5.57 Å². The fourth-order valence-corrected chi connectivity index (χ4v) is 1.95. The molecule has 0 fully saturated rings. The van der Waals surface area contributed by atoms with Crippen LogP contribution in [0.3, 0.4) is 0 Å². The topological polar surface area (TPSA) is 78.3 Å². The van der Waals surface area contributed by atoms with Crippen molar-refractivity contribution in [3.63, 3.8) is 0 Å². The van der Waals surface area contributed by atoms with Gasteiger partial charge in [-0.3, -0.25) is 4.98 Å². The second kappa shape index (κ2) is 10.1. The van der Waals surface area contributed by atoms with Crippen LogP contribution in [0, 0.1) is 0 Å². The molecule has 1 aromatic rings. The van der Waals surface area contributed by atoms with Crippen molar-refractivity contribution in [2.75, 3.05) is 32.1 Å². The Kier molecular flexibility index (Phi) is 8.15. The first-order valence-corrected chi connectivity index (χ1v) is 7.60. The van der Waals surface area contributed by atoms with E-state index in [-0.39, 0.29) is 0 Å². The molecule has 1 heterocycles. The summed E-state index contributed by atoms with van der Waals surface area (Å²) in [6, 6.07) is 0. The number of nitrogens with one attached hydrogen (secondary N) is 1. The van der Waals surface area contributed by atoms with E-state index in [0.29, 0.717) is 11.3 Å². The van der Waals surface area contributed by atoms with Crippen molar-refractivity contribution in [3.8, 4) is 0 Å². The molecular formula is C18H24N4O2. The molecule has 0 saturated carbocycles. The highest BCUT2D eigenvalue weighted by Gasteiger charge is 2.06. The van der Waals surface area contributed by atoms with E-state index < -0.39 is 5.97 Å². The van der Waals surface area contributed by atoms with E-state index in [1.165, 1.54) is 6.08 Å². The number of carbonyl (C=O) groups is 1. The molecule has 0 saturated heterocycles. The van der Waals surface area contributed by atoms with Crippen molar-refractivity contribution in [2.45, 2.75) is 6.42 Å². The van der Waals surface area contributed by atoms with E-state index >= 15 is 0 Å². The van der Waals surface area contributed by atoms with Crippen LogP contribution < -0.4 is 10.2 Å². The molecular weight excluding hydrogens is 304 g/mol. The zero-order chi connectivity index (χ0) is 17.9. The van der Waals surface area contributed by atoms with E-state index in [2.05, 4.69) is 28.4 Å². The number of aromatic nitrogens is 2. The zero-order valence-corrected chi connectivity index (χ0v) is 14.2. The van der Waals surface area contributed by atoms with E-state index in [0.717, 1.165) is 37.0 Å². The van der Waals surface area contributed by atoms with Crippen molar-refractivity contribution >= 4 is 17.4 Å². The van der Waals surface area contributed by atoms with Crippen LogP contribution in [0.1, 0.15) is 12.1 Å². The molecule has 0 bridgehead atoms. The second-order valence-corrected chi connectivity index (χ2v) is 5.19.